The highest BCUT2D eigenvalue weighted by Crippen LogP contribution is 2.26. The Morgan fingerprint density at radius 2 is 2.11 bits per heavy atom. The second-order valence-electron chi connectivity index (χ2n) is 4.13. The van der Waals surface area contributed by atoms with Crippen LogP contribution in [-0.2, 0) is 0 Å². The lowest BCUT2D eigenvalue weighted by Gasteiger charge is -2.10. The fourth-order valence-corrected chi connectivity index (χ4v) is 2.77. The van der Waals surface area contributed by atoms with E-state index in [2.05, 4.69) is 34.3 Å². The number of nitrogens with one attached hydrogen (secondary N) is 1. The SMILES string of the molecule is CCNC(CC)c1nnc(-c2cccc(C)n2)s1. The Labute approximate surface area is 111 Å². The number of hydrogen-bond acceptors (Lipinski definition) is 5. The Hall–Kier alpha value is -1.33. The van der Waals surface area contributed by atoms with Crippen LogP contribution < -0.4 is 5.32 Å². The van der Waals surface area contributed by atoms with Gasteiger partial charge >= 0.3 is 0 Å². The summed E-state index contributed by atoms with van der Waals surface area (Å²) in [6.45, 7) is 7.18. The van der Waals surface area contributed by atoms with Gasteiger partial charge in [-0.05, 0) is 32.0 Å². The minimum atomic E-state index is 0.297. The molecule has 2 heterocycles. The van der Waals surface area contributed by atoms with E-state index in [1.54, 1.807) is 11.3 Å². The maximum Gasteiger partial charge on any atom is 0.166 e. The van der Waals surface area contributed by atoms with Gasteiger partial charge in [-0.25, -0.2) is 0 Å². The molecule has 2 aromatic heterocycles. The van der Waals surface area contributed by atoms with Crippen molar-refractivity contribution in [2.75, 3.05) is 6.54 Å². The minimum Gasteiger partial charge on any atom is -0.308 e. The molecule has 0 amide bonds. The van der Waals surface area contributed by atoms with Crippen LogP contribution in [0.5, 0.6) is 0 Å². The highest BCUT2D eigenvalue weighted by Gasteiger charge is 2.15. The Morgan fingerprint density at radius 3 is 2.78 bits per heavy atom. The highest BCUT2D eigenvalue weighted by atomic mass is 32.1. The van der Waals surface area contributed by atoms with Crippen LogP contribution >= 0.6 is 11.3 Å². The fraction of sp³-hybridized carbons (Fsp3) is 0.462. The van der Waals surface area contributed by atoms with Gasteiger partial charge in [0.1, 0.15) is 10.7 Å². The molecule has 1 atom stereocenters. The lowest BCUT2D eigenvalue weighted by molar-refractivity contribution is 0.531. The predicted molar refractivity (Wildman–Crippen MR) is 74.6 cm³/mol. The summed E-state index contributed by atoms with van der Waals surface area (Å²) in [4.78, 5) is 4.48. The van der Waals surface area contributed by atoms with Gasteiger partial charge in [-0.1, -0.05) is 31.3 Å². The van der Waals surface area contributed by atoms with E-state index in [1.165, 1.54) is 0 Å². The first-order valence-electron chi connectivity index (χ1n) is 6.25. The van der Waals surface area contributed by atoms with Gasteiger partial charge in [-0.3, -0.25) is 4.98 Å². The molecule has 0 spiro atoms. The average molecular weight is 262 g/mol. The standard InChI is InChI=1S/C13H18N4S/c1-4-10(14-5-2)12-16-17-13(18-12)11-8-6-7-9(3)15-11/h6-8,10,14H,4-5H2,1-3H3. The first-order valence-corrected chi connectivity index (χ1v) is 7.07. The summed E-state index contributed by atoms with van der Waals surface area (Å²) in [7, 11) is 0. The van der Waals surface area contributed by atoms with Crippen molar-refractivity contribution in [2.45, 2.75) is 33.2 Å². The lowest BCUT2D eigenvalue weighted by atomic mass is 10.2. The third kappa shape index (κ3) is 2.91. The molecule has 0 bridgehead atoms. The number of nitrogens with zero attached hydrogens (tertiary/aromatic N) is 3. The summed E-state index contributed by atoms with van der Waals surface area (Å²) in [5, 5.41) is 13.9. The molecule has 4 nitrogen and oxygen atoms in total. The van der Waals surface area contributed by atoms with Crippen LogP contribution in [-0.4, -0.2) is 21.7 Å². The van der Waals surface area contributed by atoms with Crippen LogP contribution in [0, 0.1) is 6.92 Å². The number of hydrogen-bond donors (Lipinski definition) is 1. The van der Waals surface area contributed by atoms with Crippen LogP contribution in [0.1, 0.15) is 37.0 Å². The zero-order chi connectivity index (χ0) is 13.0. The van der Waals surface area contributed by atoms with Crippen molar-refractivity contribution in [2.24, 2.45) is 0 Å². The first kappa shape index (κ1) is 13.1. The van der Waals surface area contributed by atoms with Gasteiger partial charge in [0.05, 0.1) is 6.04 Å². The molecule has 18 heavy (non-hydrogen) atoms. The Balaban J connectivity index is 2.24. The van der Waals surface area contributed by atoms with E-state index in [4.69, 9.17) is 0 Å². The Morgan fingerprint density at radius 1 is 1.28 bits per heavy atom. The molecule has 0 radical (unpaired) electrons. The van der Waals surface area contributed by atoms with Crippen LogP contribution in [0.4, 0.5) is 0 Å². The minimum absolute atomic E-state index is 0.297. The van der Waals surface area contributed by atoms with Gasteiger partial charge in [-0.2, -0.15) is 0 Å². The van der Waals surface area contributed by atoms with Gasteiger partial charge in [0, 0.05) is 5.69 Å². The molecule has 0 fully saturated rings. The number of rotatable bonds is 5. The molecule has 2 aromatic rings. The summed E-state index contributed by atoms with van der Waals surface area (Å²) in [5.41, 5.74) is 1.91. The molecule has 1 N–H and O–H groups in total. The second kappa shape index (κ2) is 6.02. The van der Waals surface area contributed by atoms with E-state index in [0.717, 1.165) is 34.4 Å². The predicted octanol–water partition coefficient (Wildman–Crippen LogP) is 2.97. The zero-order valence-electron chi connectivity index (χ0n) is 11.0. The van der Waals surface area contributed by atoms with Gasteiger partial charge in [0.2, 0.25) is 0 Å². The van der Waals surface area contributed by atoms with Crippen LogP contribution in [0.3, 0.4) is 0 Å². The monoisotopic (exact) mass is 262 g/mol. The van der Waals surface area contributed by atoms with Crippen LogP contribution in [0.2, 0.25) is 0 Å². The Bertz CT molecular complexity index is 509. The quantitative estimate of drug-likeness (QED) is 0.900. The third-order valence-corrected chi connectivity index (χ3v) is 3.76. The normalized spacial score (nSPS) is 12.6. The smallest absolute Gasteiger partial charge is 0.166 e. The van der Waals surface area contributed by atoms with E-state index >= 15 is 0 Å². The van der Waals surface area contributed by atoms with Crippen molar-refractivity contribution in [3.05, 3.63) is 28.9 Å². The van der Waals surface area contributed by atoms with Crippen LogP contribution in [0.25, 0.3) is 10.7 Å². The zero-order valence-corrected chi connectivity index (χ0v) is 11.8. The van der Waals surface area contributed by atoms with Gasteiger partial charge in [0.25, 0.3) is 0 Å². The van der Waals surface area contributed by atoms with Crippen molar-refractivity contribution >= 4 is 11.3 Å². The molecule has 0 saturated heterocycles. The number of aromatic nitrogens is 3. The Kier molecular flexibility index (Phi) is 4.38. The summed E-state index contributed by atoms with van der Waals surface area (Å²) >= 11 is 1.62. The van der Waals surface area contributed by atoms with Crippen molar-refractivity contribution in [3.63, 3.8) is 0 Å². The molecular formula is C13H18N4S. The largest absolute Gasteiger partial charge is 0.308 e. The molecule has 1 unspecified atom stereocenters. The molecule has 0 aliphatic carbocycles. The van der Waals surface area contributed by atoms with Crippen molar-refractivity contribution in [1.82, 2.24) is 20.5 Å². The topological polar surface area (TPSA) is 50.7 Å². The van der Waals surface area contributed by atoms with Gasteiger partial charge in [0.15, 0.2) is 5.01 Å². The maximum atomic E-state index is 4.48. The van der Waals surface area contributed by atoms with E-state index in [0.29, 0.717) is 6.04 Å². The van der Waals surface area contributed by atoms with Crippen molar-refractivity contribution in [3.8, 4) is 10.7 Å². The molecule has 0 aromatic carbocycles. The number of pyridine rings is 1. The maximum absolute atomic E-state index is 4.48. The van der Waals surface area contributed by atoms with Crippen molar-refractivity contribution in [1.29, 1.82) is 0 Å². The average Bonchev–Trinajstić information content (AvgIpc) is 2.85. The molecule has 0 aliphatic heterocycles. The molecular weight excluding hydrogens is 244 g/mol. The molecule has 0 aliphatic rings. The van der Waals surface area contributed by atoms with E-state index in [9.17, 15) is 0 Å². The lowest BCUT2D eigenvalue weighted by Crippen LogP contribution is -2.19. The fourth-order valence-electron chi connectivity index (χ4n) is 1.79. The van der Waals surface area contributed by atoms with E-state index in [-0.39, 0.29) is 0 Å². The van der Waals surface area contributed by atoms with Crippen molar-refractivity contribution < 1.29 is 0 Å². The highest BCUT2D eigenvalue weighted by molar-refractivity contribution is 7.14. The first-order chi connectivity index (χ1) is 8.74. The van der Waals surface area contributed by atoms with Gasteiger partial charge < -0.3 is 5.32 Å². The van der Waals surface area contributed by atoms with Crippen LogP contribution in [0.15, 0.2) is 18.2 Å². The molecule has 96 valence electrons. The summed E-state index contributed by atoms with van der Waals surface area (Å²) in [6.07, 6.45) is 1.02. The summed E-state index contributed by atoms with van der Waals surface area (Å²) in [6, 6.07) is 6.26. The third-order valence-electron chi connectivity index (χ3n) is 2.70. The van der Waals surface area contributed by atoms with E-state index < -0.39 is 0 Å². The second-order valence-corrected chi connectivity index (χ2v) is 5.14. The van der Waals surface area contributed by atoms with E-state index in [1.807, 2.05) is 25.1 Å². The molecule has 5 heteroatoms. The van der Waals surface area contributed by atoms with Gasteiger partial charge in [-0.15, -0.1) is 10.2 Å². The molecule has 0 saturated carbocycles. The molecule has 2 rings (SSSR count). The summed E-state index contributed by atoms with van der Waals surface area (Å²) in [5.74, 6) is 0. The number of aryl methyl sites for hydroxylation is 1. The summed E-state index contributed by atoms with van der Waals surface area (Å²) < 4.78 is 0.